The van der Waals surface area contributed by atoms with Crippen molar-refractivity contribution in [2.45, 2.75) is 5.92 Å². The van der Waals surface area contributed by atoms with E-state index in [-0.39, 0.29) is 17.3 Å². The van der Waals surface area contributed by atoms with Crippen molar-refractivity contribution in [2.75, 3.05) is 21.3 Å². The van der Waals surface area contributed by atoms with Gasteiger partial charge < -0.3 is 24.7 Å². The van der Waals surface area contributed by atoms with Gasteiger partial charge in [0.1, 0.15) is 11.6 Å². The van der Waals surface area contributed by atoms with E-state index in [2.05, 4.69) is 16.3 Å². The number of hydrogen-bond donors (Lipinski definition) is 2. The van der Waals surface area contributed by atoms with E-state index >= 15 is 0 Å². The first-order valence-electron chi connectivity index (χ1n) is 9.58. The van der Waals surface area contributed by atoms with Gasteiger partial charge in [0.2, 0.25) is 11.8 Å². The number of benzene rings is 2. The molecule has 0 amide bonds. The van der Waals surface area contributed by atoms with Crippen LogP contribution in [0, 0.1) is 11.3 Å². The van der Waals surface area contributed by atoms with Crippen LogP contribution in [0.1, 0.15) is 27.4 Å². The van der Waals surface area contributed by atoms with Crippen LogP contribution in [0.25, 0.3) is 11.3 Å². The van der Waals surface area contributed by atoms with Crippen LogP contribution in [0.2, 0.25) is 0 Å². The van der Waals surface area contributed by atoms with Gasteiger partial charge in [0.25, 0.3) is 0 Å². The minimum absolute atomic E-state index is 0.0209. The molecule has 4 rings (SSSR count). The molecule has 1 unspecified atom stereocenters. The average molecular weight is 432 g/mol. The van der Waals surface area contributed by atoms with Crippen LogP contribution in [-0.2, 0) is 4.74 Å². The molecule has 1 aromatic heterocycles. The molecule has 1 atom stereocenters. The van der Waals surface area contributed by atoms with E-state index in [1.54, 1.807) is 50.6 Å². The maximum absolute atomic E-state index is 11.8. The minimum atomic E-state index is -0.558. The largest absolute Gasteiger partial charge is 0.493 e. The summed E-state index contributed by atoms with van der Waals surface area (Å²) in [4.78, 5) is 11.8. The molecule has 0 radical (unpaired) electrons. The number of nitrogens with zero attached hydrogens (tertiary/aromatic N) is 2. The fourth-order valence-electron chi connectivity index (χ4n) is 3.72. The van der Waals surface area contributed by atoms with Crippen LogP contribution >= 0.6 is 0 Å². The number of carbonyl (C=O) groups is 1. The number of ether oxygens (including phenoxy) is 4. The highest BCUT2D eigenvalue weighted by atomic mass is 16.5. The molecule has 0 spiro atoms. The normalized spacial score (nSPS) is 14.8. The molecule has 32 heavy (non-hydrogen) atoms. The molecule has 0 saturated heterocycles. The Morgan fingerprint density at radius 1 is 1.12 bits per heavy atom. The molecule has 0 bridgehead atoms. The number of rotatable bonds is 5. The number of nitrogens with one attached hydrogen (secondary N) is 1. The van der Waals surface area contributed by atoms with Crippen molar-refractivity contribution in [3.8, 4) is 34.7 Å². The topological polar surface area (TPSA) is 132 Å². The Kier molecular flexibility index (Phi) is 5.43. The van der Waals surface area contributed by atoms with E-state index in [0.29, 0.717) is 28.3 Å². The zero-order chi connectivity index (χ0) is 22.8. The van der Waals surface area contributed by atoms with E-state index in [4.69, 9.17) is 24.7 Å². The number of esters is 1. The standard InChI is InChI=1S/C23H20N4O5/c1-29-16-9-8-14(10-17(16)30-2)20-19-18(12-4-6-13(7-5-12)23(28)31-3)15(11-24)21(25)32-22(19)27-26-20/h4-10,18H,25H2,1-3H3,(H,26,27). The molecular formula is C23H20N4O5. The highest BCUT2D eigenvalue weighted by Gasteiger charge is 2.35. The first-order valence-corrected chi connectivity index (χ1v) is 9.58. The quantitative estimate of drug-likeness (QED) is 0.588. The lowest BCUT2D eigenvalue weighted by atomic mass is 9.82. The molecule has 1 aliphatic rings. The predicted molar refractivity (Wildman–Crippen MR) is 114 cm³/mol. The fourth-order valence-corrected chi connectivity index (χ4v) is 3.72. The lowest BCUT2D eigenvalue weighted by Gasteiger charge is -2.24. The summed E-state index contributed by atoms with van der Waals surface area (Å²) in [6.45, 7) is 0. The number of carbonyl (C=O) groups excluding carboxylic acids is 1. The van der Waals surface area contributed by atoms with Gasteiger partial charge in [-0.3, -0.25) is 5.10 Å². The second-order valence-corrected chi connectivity index (χ2v) is 6.93. The summed E-state index contributed by atoms with van der Waals surface area (Å²) in [5.41, 5.74) is 9.46. The lowest BCUT2D eigenvalue weighted by molar-refractivity contribution is 0.0600. The maximum Gasteiger partial charge on any atom is 0.337 e. The fraction of sp³-hybridized carbons (Fsp3) is 0.174. The number of allylic oxidation sites excluding steroid dienone is 1. The third kappa shape index (κ3) is 3.37. The Bertz CT molecular complexity index is 1250. The lowest BCUT2D eigenvalue weighted by Crippen LogP contribution is -2.21. The molecule has 1 aliphatic heterocycles. The van der Waals surface area contributed by atoms with Gasteiger partial charge in [-0.1, -0.05) is 12.1 Å². The SMILES string of the molecule is COC(=O)c1ccc(C2C(C#N)=C(N)Oc3n[nH]c(-c4ccc(OC)c(OC)c4)c32)cc1. The second-order valence-electron chi connectivity index (χ2n) is 6.93. The molecule has 2 aromatic carbocycles. The summed E-state index contributed by atoms with van der Waals surface area (Å²) in [6.07, 6.45) is 0. The zero-order valence-corrected chi connectivity index (χ0v) is 17.6. The molecule has 162 valence electrons. The second kappa shape index (κ2) is 8.35. The number of H-pyrrole nitrogens is 1. The van der Waals surface area contributed by atoms with Crippen LogP contribution in [0.4, 0.5) is 0 Å². The minimum Gasteiger partial charge on any atom is -0.493 e. The van der Waals surface area contributed by atoms with Crippen molar-refractivity contribution in [1.82, 2.24) is 10.2 Å². The van der Waals surface area contributed by atoms with Gasteiger partial charge in [-0.25, -0.2) is 4.79 Å². The summed E-state index contributed by atoms with van der Waals surface area (Å²) in [6, 6.07) is 14.4. The summed E-state index contributed by atoms with van der Waals surface area (Å²) in [5, 5.41) is 17.1. The van der Waals surface area contributed by atoms with Gasteiger partial charge in [0, 0.05) is 5.56 Å². The van der Waals surface area contributed by atoms with Gasteiger partial charge in [0.05, 0.1) is 44.1 Å². The van der Waals surface area contributed by atoms with Crippen LogP contribution in [0.5, 0.6) is 17.4 Å². The van der Waals surface area contributed by atoms with E-state index in [1.807, 2.05) is 6.07 Å². The smallest absolute Gasteiger partial charge is 0.337 e. The first kappa shape index (κ1) is 20.8. The summed E-state index contributed by atoms with van der Waals surface area (Å²) < 4.78 is 21.1. The van der Waals surface area contributed by atoms with E-state index < -0.39 is 11.9 Å². The molecule has 0 fully saturated rings. The van der Waals surface area contributed by atoms with Gasteiger partial charge in [-0.15, -0.1) is 5.10 Å². The van der Waals surface area contributed by atoms with Gasteiger partial charge in [-0.2, -0.15) is 5.26 Å². The van der Waals surface area contributed by atoms with Gasteiger partial charge in [0.15, 0.2) is 11.5 Å². The number of fused-ring (bicyclic) bond motifs is 1. The highest BCUT2D eigenvalue weighted by molar-refractivity contribution is 5.89. The Balaban J connectivity index is 1.87. The van der Waals surface area contributed by atoms with E-state index in [9.17, 15) is 10.1 Å². The van der Waals surface area contributed by atoms with Crippen molar-refractivity contribution >= 4 is 5.97 Å². The van der Waals surface area contributed by atoms with Crippen molar-refractivity contribution in [3.05, 3.63) is 70.6 Å². The molecule has 3 aromatic rings. The molecule has 9 heteroatoms. The summed E-state index contributed by atoms with van der Waals surface area (Å²) in [5.74, 6) is 0.365. The number of aromatic amines is 1. The molecular weight excluding hydrogens is 412 g/mol. The van der Waals surface area contributed by atoms with E-state index in [1.165, 1.54) is 7.11 Å². The van der Waals surface area contributed by atoms with Crippen LogP contribution < -0.4 is 19.9 Å². The van der Waals surface area contributed by atoms with Crippen LogP contribution in [0.15, 0.2) is 53.9 Å². The van der Waals surface area contributed by atoms with Crippen molar-refractivity contribution in [1.29, 1.82) is 5.26 Å². The number of methoxy groups -OCH3 is 3. The molecule has 0 aliphatic carbocycles. The zero-order valence-electron chi connectivity index (χ0n) is 17.6. The van der Waals surface area contributed by atoms with Crippen LogP contribution in [-0.4, -0.2) is 37.5 Å². The van der Waals surface area contributed by atoms with Gasteiger partial charge in [-0.05, 0) is 35.9 Å². The third-order valence-electron chi connectivity index (χ3n) is 5.28. The predicted octanol–water partition coefficient (Wildman–Crippen LogP) is 3.10. The number of nitriles is 1. The first-order chi connectivity index (χ1) is 15.5. The number of nitrogens with two attached hydrogens (primary N) is 1. The van der Waals surface area contributed by atoms with Gasteiger partial charge >= 0.3 is 5.97 Å². The Labute approximate surface area is 184 Å². The van der Waals surface area contributed by atoms with Crippen molar-refractivity contribution in [2.24, 2.45) is 5.73 Å². The summed E-state index contributed by atoms with van der Waals surface area (Å²) >= 11 is 0. The monoisotopic (exact) mass is 432 g/mol. The van der Waals surface area contributed by atoms with Crippen molar-refractivity contribution in [3.63, 3.8) is 0 Å². The summed E-state index contributed by atoms with van der Waals surface area (Å²) in [7, 11) is 4.43. The molecule has 0 saturated carbocycles. The van der Waals surface area contributed by atoms with Crippen molar-refractivity contribution < 1.29 is 23.7 Å². The molecule has 3 N–H and O–H groups in total. The number of aromatic nitrogens is 2. The Morgan fingerprint density at radius 3 is 2.47 bits per heavy atom. The van der Waals surface area contributed by atoms with E-state index in [0.717, 1.165) is 11.1 Å². The maximum atomic E-state index is 11.8. The Morgan fingerprint density at radius 2 is 1.84 bits per heavy atom. The van der Waals surface area contributed by atoms with Crippen LogP contribution in [0.3, 0.4) is 0 Å². The third-order valence-corrected chi connectivity index (χ3v) is 5.28. The Hall–Kier alpha value is -4.45. The number of hydrogen-bond acceptors (Lipinski definition) is 8. The average Bonchev–Trinajstić information content (AvgIpc) is 3.25. The highest BCUT2D eigenvalue weighted by Crippen LogP contribution is 2.46. The molecule has 2 heterocycles. The molecule has 9 nitrogen and oxygen atoms in total.